The first kappa shape index (κ1) is 13.4. The molecule has 0 aromatic rings. The number of rotatable bonds is 4. The van der Waals surface area contributed by atoms with Gasteiger partial charge in [0.05, 0.1) is 12.5 Å². The Hall–Kier alpha value is -1.63. The molecule has 4 N–H and O–H groups in total. The van der Waals surface area contributed by atoms with Crippen LogP contribution in [0.3, 0.4) is 0 Å². The van der Waals surface area contributed by atoms with Gasteiger partial charge in [-0.1, -0.05) is 0 Å². The molecule has 17 heavy (non-hydrogen) atoms. The largest absolute Gasteiger partial charge is 0.481 e. The van der Waals surface area contributed by atoms with Crippen molar-refractivity contribution in [2.45, 2.75) is 37.8 Å². The number of nitrogens with two attached hydrogens (primary N) is 1. The number of carboxylic acid groups (broad SMARTS) is 2. The van der Waals surface area contributed by atoms with Gasteiger partial charge in [-0.25, -0.2) is 4.79 Å². The fourth-order valence-electron chi connectivity index (χ4n) is 1.94. The minimum Gasteiger partial charge on any atom is -0.481 e. The molecule has 0 bridgehead atoms. The van der Waals surface area contributed by atoms with E-state index in [0.717, 1.165) is 12.8 Å². The summed E-state index contributed by atoms with van der Waals surface area (Å²) in [6.07, 6.45) is 1.37. The predicted octanol–water partition coefficient (Wildman–Crippen LogP) is -0.746. The minimum absolute atomic E-state index is 0.323. The zero-order chi connectivity index (χ0) is 13.0. The molecule has 1 saturated heterocycles. The van der Waals surface area contributed by atoms with Gasteiger partial charge < -0.3 is 20.8 Å². The molecule has 1 aliphatic rings. The smallest absolute Gasteiger partial charge is 0.326 e. The maximum Gasteiger partial charge on any atom is 0.326 e. The number of carbonyl (C=O) groups is 3. The number of hydrogen-bond donors (Lipinski definition) is 3. The quantitative estimate of drug-likeness (QED) is 0.598. The van der Waals surface area contributed by atoms with E-state index in [0.29, 0.717) is 13.0 Å². The molecule has 0 aliphatic carbocycles. The Bertz CT molecular complexity index is 331. The summed E-state index contributed by atoms with van der Waals surface area (Å²) >= 11 is 0. The van der Waals surface area contributed by atoms with Crippen LogP contribution in [0.15, 0.2) is 0 Å². The molecule has 0 radical (unpaired) electrons. The summed E-state index contributed by atoms with van der Waals surface area (Å²) in [5.74, 6) is -2.84. The zero-order valence-electron chi connectivity index (χ0n) is 9.33. The molecule has 0 aromatic heterocycles. The van der Waals surface area contributed by atoms with Crippen LogP contribution in [0.4, 0.5) is 0 Å². The number of carbonyl (C=O) groups excluding carboxylic acids is 1. The summed E-state index contributed by atoms with van der Waals surface area (Å²) in [6, 6.07) is -2.05. The van der Waals surface area contributed by atoms with E-state index in [1.54, 1.807) is 0 Å². The zero-order valence-corrected chi connectivity index (χ0v) is 9.33. The fraction of sp³-hybridized carbons (Fsp3) is 0.700. The van der Waals surface area contributed by atoms with Crippen molar-refractivity contribution in [3.63, 3.8) is 0 Å². The van der Waals surface area contributed by atoms with E-state index < -0.39 is 36.4 Å². The first-order valence-corrected chi connectivity index (χ1v) is 5.44. The van der Waals surface area contributed by atoms with Crippen molar-refractivity contribution in [1.82, 2.24) is 4.90 Å². The summed E-state index contributed by atoms with van der Waals surface area (Å²) in [5, 5.41) is 17.5. The number of piperidine rings is 1. The van der Waals surface area contributed by atoms with Crippen molar-refractivity contribution in [3.8, 4) is 0 Å². The molecule has 7 heteroatoms. The van der Waals surface area contributed by atoms with E-state index in [4.69, 9.17) is 15.9 Å². The summed E-state index contributed by atoms with van der Waals surface area (Å²) in [4.78, 5) is 34.4. The predicted molar refractivity (Wildman–Crippen MR) is 57.2 cm³/mol. The van der Waals surface area contributed by atoms with Crippen molar-refractivity contribution in [1.29, 1.82) is 0 Å². The molecule has 0 aromatic carbocycles. The van der Waals surface area contributed by atoms with Crippen molar-refractivity contribution in [2.24, 2.45) is 5.73 Å². The molecule has 0 saturated carbocycles. The number of amides is 1. The SMILES string of the molecule is NC(CC(=O)O)C(=O)N1CCCCC1C(=O)O. The second-order valence-electron chi connectivity index (χ2n) is 4.09. The molecule has 2 unspecified atom stereocenters. The number of hydrogen-bond acceptors (Lipinski definition) is 4. The summed E-state index contributed by atoms with van der Waals surface area (Å²) in [6.45, 7) is 0.323. The van der Waals surface area contributed by atoms with Crippen LogP contribution >= 0.6 is 0 Å². The summed E-state index contributed by atoms with van der Waals surface area (Å²) in [5.41, 5.74) is 5.45. The van der Waals surface area contributed by atoms with E-state index in [1.165, 1.54) is 4.90 Å². The number of likely N-dealkylation sites (tertiary alicyclic amines) is 1. The highest BCUT2D eigenvalue weighted by Gasteiger charge is 2.34. The van der Waals surface area contributed by atoms with Crippen LogP contribution in [0.1, 0.15) is 25.7 Å². The molecule has 7 nitrogen and oxygen atoms in total. The lowest BCUT2D eigenvalue weighted by Gasteiger charge is -2.34. The Morgan fingerprint density at radius 3 is 2.47 bits per heavy atom. The first-order valence-electron chi connectivity index (χ1n) is 5.44. The van der Waals surface area contributed by atoms with E-state index in [9.17, 15) is 14.4 Å². The van der Waals surface area contributed by atoms with Crippen LogP contribution in [-0.2, 0) is 14.4 Å². The Kier molecular flexibility index (Phi) is 4.45. The number of aliphatic carboxylic acids is 2. The topological polar surface area (TPSA) is 121 Å². The number of nitrogens with zero attached hydrogens (tertiary/aromatic N) is 1. The van der Waals surface area contributed by atoms with Gasteiger partial charge in [-0.05, 0) is 19.3 Å². The molecule has 1 rings (SSSR count). The van der Waals surface area contributed by atoms with Crippen molar-refractivity contribution >= 4 is 17.8 Å². The van der Waals surface area contributed by atoms with Gasteiger partial charge in [0.15, 0.2) is 0 Å². The summed E-state index contributed by atoms with van der Waals surface area (Å²) < 4.78 is 0. The van der Waals surface area contributed by atoms with E-state index in [-0.39, 0.29) is 0 Å². The van der Waals surface area contributed by atoms with Gasteiger partial charge in [0, 0.05) is 6.54 Å². The maximum absolute atomic E-state index is 11.8. The highest BCUT2D eigenvalue weighted by atomic mass is 16.4. The monoisotopic (exact) mass is 244 g/mol. The average molecular weight is 244 g/mol. The Morgan fingerprint density at radius 2 is 1.94 bits per heavy atom. The second kappa shape index (κ2) is 5.62. The Morgan fingerprint density at radius 1 is 1.29 bits per heavy atom. The lowest BCUT2D eigenvalue weighted by Crippen LogP contribution is -2.53. The molecule has 96 valence electrons. The van der Waals surface area contributed by atoms with Crippen LogP contribution < -0.4 is 5.73 Å². The molecular formula is C10H16N2O5. The van der Waals surface area contributed by atoms with Gasteiger partial charge in [0.2, 0.25) is 5.91 Å². The van der Waals surface area contributed by atoms with Crippen molar-refractivity contribution in [3.05, 3.63) is 0 Å². The lowest BCUT2D eigenvalue weighted by atomic mass is 10.0. The highest BCUT2D eigenvalue weighted by molar-refractivity contribution is 5.89. The number of carboxylic acids is 2. The molecule has 1 aliphatic heterocycles. The molecule has 1 fully saturated rings. The van der Waals surface area contributed by atoms with Gasteiger partial charge >= 0.3 is 11.9 Å². The Balaban J connectivity index is 2.70. The van der Waals surface area contributed by atoms with Gasteiger partial charge in [-0.15, -0.1) is 0 Å². The molecule has 1 heterocycles. The van der Waals surface area contributed by atoms with Gasteiger partial charge in [0.1, 0.15) is 6.04 Å². The van der Waals surface area contributed by atoms with Gasteiger partial charge in [0.25, 0.3) is 0 Å². The van der Waals surface area contributed by atoms with Crippen molar-refractivity contribution in [2.75, 3.05) is 6.54 Å². The third kappa shape index (κ3) is 3.42. The van der Waals surface area contributed by atoms with E-state index >= 15 is 0 Å². The third-order valence-corrected chi connectivity index (χ3v) is 2.78. The average Bonchev–Trinajstić information content (AvgIpc) is 2.27. The van der Waals surface area contributed by atoms with Gasteiger partial charge in [-0.3, -0.25) is 9.59 Å². The normalized spacial score (nSPS) is 21.9. The van der Waals surface area contributed by atoms with E-state index in [2.05, 4.69) is 0 Å². The minimum atomic E-state index is -1.17. The van der Waals surface area contributed by atoms with Crippen LogP contribution in [0, 0.1) is 0 Å². The second-order valence-corrected chi connectivity index (χ2v) is 4.09. The van der Waals surface area contributed by atoms with Crippen LogP contribution in [0.25, 0.3) is 0 Å². The van der Waals surface area contributed by atoms with Crippen LogP contribution in [0.2, 0.25) is 0 Å². The fourth-order valence-corrected chi connectivity index (χ4v) is 1.94. The molecule has 2 atom stereocenters. The van der Waals surface area contributed by atoms with Crippen LogP contribution in [0.5, 0.6) is 0 Å². The lowest BCUT2D eigenvalue weighted by molar-refractivity contribution is -0.153. The van der Waals surface area contributed by atoms with Gasteiger partial charge in [-0.2, -0.15) is 0 Å². The van der Waals surface area contributed by atoms with Crippen LogP contribution in [-0.4, -0.2) is 51.6 Å². The Labute approximate surface area is 98.2 Å². The summed E-state index contributed by atoms with van der Waals surface area (Å²) in [7, 11) is 0. The maximum atomic E-state index is 11.8. The third-order valence-electron chi connectivity index (χ3n) is 2.78. The highest BCUT2D eigenvalue weighted by Crippen LogP contribution is 2.18. The first-order chi connectivity index (χ1) is 7.93. The van der Waals surface area contributed by atoms with E-state index in [1.807, 2.05) is 0 Å². The molecule has 1 amide bonds. The molecular weight excluding hydrogens is 228 g/mol. The molecule has 0 spiro atoms. The standard InChI is InChI=1S/C10H16N2O5/c11-6(5-8(13)14)9(15)12-4-2-1-3-7(12)10(16)17/h6-7H,1-5,11H2,(H,13,14)(H,16,17). The van der Waals surface area contributed by atoms with Crippen molar-refractivity contribution < 1.29 is 24.6 Å².